The van der Waals surface area contributed by atoms with Crippen molar-refractivity contribution in [2.45, 2.75) is 38.8 Å². The van der Waals surface area contributed by atoms with Crippen LogP contribution in [0.25, 0.3) is 0 Å². The summed E-state index contributed by atoms with van der Waals surface area (Å²) in [7, 11) is 0. The molecule has 0 saturated carbocycles. The number of nitrogens with zero attached hydrogens (tertiary/aromatic N) is 1. The molecule has 1 fully saturated rings. The van der Waals surface area contributed by atoms with Gasteiger partial charge in [-0.15, -0.1) is 11.3 Å². The monoisotopic (exact) mass is 316 g/mol. The summed E-state index contributed by atoms with van der Waals surface area (Å²) < 4.78 is 1.26. The summed E-state index contributed by atoms with van der Waals surface area (Å²) in [5.74, 6) is 0. The van der Waals surface area contributed by atoms with Crippen LogP contribution >= 0.6 is 27.3 Å². The van der Waals surface area contributed by atoms with Gasteiger partial charge in [0.2, 0.25) is 0 Å². The molecule has 4 heteroatoms. The fourth-order valence-corrected chi connectivity index (χ4v) is 3.86. The average molecular weight is 317 g/mol. The third kappa shape index (κ3) is 4.05. The van der Waals surface area contributed by atoms with Crippen LogP contribution in [0, 0.1) is 0 Å². The summed E-state index contributed by atoms with van der Waals surface area (Å²) in [6, 6.07) is 2.84. The lowest BCUT2D eigenvalue weighted by Crippen LogP contribution is -2.43. The number of hydrogen-bond acceptors (Lipinski definition) is 3. The highest BCUT2D eigenvalue weighted by Crippen LogP contribution is 2.24. The first kappa shape index (κ1) is 13.5. The second-order valence-electron chi connectivity index (χ2n) is 4.67. The molecule has 1 N–H and O–H groups in total. The first-order valence-corrected chi connectivity index (χ1v) is 8.14. The van der Waals surface area contributed by atoms with Crippen molar-refractivity contribution in [1.82, 2.24) is 10.2 Å². The topological polar surface area (TPSA) is 15.3 Å². The molecule has 2 nitrogen and oxygen atoms in total. The number of hydrogen-bond donors (Lipinski definition) is 1. The van der Waals surface area contributed by atoms with Crippen molar-refractivity contribution in [3.05, 3.63) is 20.8 Å². The number of nitrogens with one attached hydrogen (secondary N) is 1. The molecule has 0 bridgehead atoms. The second kappa shape index (κ2) is 6.88. The van der Waals surface area contributed by atoms with Crippen LogP contribution in [-0.2, 0) is 6.54 Å². The van der Waals surface area contributed by atoms with Gasteiger partial charge >= 0.3 is 0 Å². The fourth-order valence-electron chi connectivity index (χ4n) is 2.34. The van der Waals surface area contributed by atoms with Crippen LogP contribution in [0.4, 0.5) is 0 Å². The molecule has 96 valence electrons. The zero-order valence-electron chi connectivity index (χ0n) is 10.4. The molecule has 1 aromatic heterocycles. The Morgan fingerprint density at radius 1 is 1.53 bits per heavy atom. The first-order valence-electron chi connectivity index (χ1n) is 6.47. The van der Waals surface area contributed by atoms with Gasteiger partial charge in [-0.1, -0.05) is 13.3 Å². The molecule has 0 aromatic carbocycles. The summed E-state index contributed by atoms with van der Waals surface area (Å²) >= 11 is 5.46. The summed E-state index contributed by atoms with van der Waals surface area (Å²) in [5.41, 5.74) is 0. The first-order chi connectivity index (χ1) is 8.29. The van der Waals surface area contributed by atoms with Gasteiger partial charge < -0.3 is 5.32 Å². The zero-order chi connectivity index (χ0) is 12.1. The van der Waals surface area contributed by atoms with Gasteiger partial charge in [-0.25, -0.2) is 0 Å². The number of thiophene rings is 1. The Morgan fingerprint density at radius 3 is 3.00 bits per heavy atom. The van der Waals surface area contributed by atoms with E-state index in [1.54, 1.807) is 0 Å². The minimum atomic E-state index is 0.697. The molecule has 1 saturated heterocycles. The molecule has 17 heavy (non-hydrogen) atoms. The van der Waals surface area contributed by atoms with E-state index in [0.29, 0.717) is 6.04 Å². The van der Waals surface area contributed by atoms with Gasteiger partial charge in [-0.3, -0.25) is 4.90 Å². The Hall–Kier alpha value is 0.1000. The standard InChI is InChI=1S/C13H21BrN2S/c1-2-16(9-11-5-3-4-7-15-11)10-13-12(14)6-8-17-13/h6,8,11,15H,2-5,7,9-10H2,1H3. The highest BCUT2D eigenvalue weighted by Gasteiger charge is 2.16. The summed E-state index contributed by atoms with van der Waals surface area (Å²) in [6.45, 7) is 6.84. The third-order valence-corrected chi connectivity index (χ3v) is 5.31. The van der Waals surface area contributed by atoms with E-state index in [2.05, 4.69) is 44.5 Å². The van der Waals surface area contributed by atoms with Gasteiger partial charge in [-0.05, 0) is 53.3 Å². The minimum absolute atomic E-state index is 0.697. The average Bonchev–Trinajstić information content (AvgIpc) is 2.75. The van der Waals surface area contributed by atoms with Crippen LogP contribution in [0.1, 0.15) is 31.1 Å². The molecular weight excluding hydrogens is 296 g/mol. The van der Waals surface area contributed by atoms with Crippen molar-refractivity contribution >= 4 is 27.3 Å². The normalized spacial score (nSPS) is 21.0. The molecule has 2 heterocycles. The lowest BCUT2D eigenvalue weighted by atomic mass is 10.0. The maximum atomic E-state index is 3.63. The number of rotatable bonds is 5. The van der Waals surface area contributed by atoms with Gasteiger partial charge in [0.15, 0.2) is 0 Å². The van der Waals surface area contributed by atoms with E-state index in [9.17, 15) is 0 Å². The largest absolute Gasteiger partial charge is 0.313 e. The lowest BCUT2D eigenvalue weighted by molar-refractivity contribution is 0.227. The molecule has 0 aliphatic carbocycles. The molecule has 0 amide bonds. The van der Waals surface area contributed by atoms with Gasteiger partial charge in [0.25, 0.3) is 0 Å². The predicted octanol–water partition coefficient (Wildman–Crippen LogP) is 3.47. The lowest BCUT2D eigenvalue weighted by Gasteiger charge is -2.29. The summed E-state index contributed by atoms with van der Waals surface area (Å²) in [4.78, 5) is 3.99. The van der Waals surface area contributed by atoms with Crippen LogP contribution < -0.4 is 5.32 Å². The van der Waals surface area contributed by atoms with Gasteiger partial charge in [0.05, 0.1) is 0 Å². The molecule has 2 rings (SSSR count). The number of likely N-dealkylation sites (N-methyl/N-ethyl adjacent to an activating group) is 1. The van der Waals surface area contributed by atoms with Crippen molar-refractivity contribution in [2.75, 3.05) is 19.6 Å². The Balaban J connectivity index is 1.85. The molecule has 1 aromatic rings. The number of halogens is 1. The van der Waals surface area contributed by atoms with Crippen LogP contribution in [-0.4, -0.2) is 30.6 Å². The van der Waals surface area contributed by atoms with Crippen molar-refractivity contribution in [1.29, 1.82) is 0 Å². The quantitative estimate of drug-likeness (QED) is 0.894. The smallest absolute Gasteiger partial charge is 0.0339 e. The molecule has 1 aliphatic heterocycles. The van der Waals surface area contributed by atoms with Crippen molar-refractivity contribution in [3.63, 3.8) is 0 Å². The molecule has 1 unspecified atom stereocenters. The van der Waals surface area contributed by atoms with E-state index in [0.717, 1.165) is 13.1 Å². The van der Waals surface area contributed by atoms with E-state index in [-0.39, 0.29) is 0 Å². The highest BCUT2D eigenvalue weighted by atomic mass is 79.9. The van der Waals surface area contributed by atoms with Crippen molar-refractivity contribution in [3.8, 4) is 0 Å². The molecule has 0 radical (unpaired) electrons. The van der Waals surface area contributed by atoms with Crippen LogP contribution in [0.15, 0.2) is 15.9 Å². The SMILES string of the molecule is CCN(Cc1sccc1Br)CC1CCCCN1. The minimum Gasteiger partial charge on any atom is -0.313 e. The van der Waals surface area contributed by atoms with E-state index in [1.165, 1.54) is 41.7 Å². The second-order valence-corrected chi connectivity index (χ2v) is 6.52. The Bertz CT molecular complexity index is 334. The predicted molar refractivity (Wildman–Crippen MR) is 78.6 cm³/mol. The zero-order valence-corrected chi connectivity index (χ0v) is 12.8. The van der Waals surface area contributed by atoms with Gasteiger partial charge in [0, 0.05) is 28.5 Å². The van der Waals surface area contributed by atoms with Crippen LogP contribution in [0.2, 0.25) is 0 Å². The Labute approximate surface area is 117 Å². The maximum Gasteiger partial charge on any atom is 0.0339 e. The molecule has 0 spiro atoms. The van der Waals surface area contributed by atoms with E-state index in [4.69, 9.17) is 0 Å². The van der Waals surface area contributed by atoms with Crippen LogP contribution in [0.5, 0.6) is 0 Å². The fraction of sp³-hybridized carbons (Fsp3) is 0.692. The van der Waals surface area contributed by atoms with E-state index in [1.807, 2.05) is 11.3 Å². The highest BCUT2D eigenvalue weighted by molar-refractivity contribution is 9.10. The van der Waals surface area contributed by atoms with Crippen molar-refractivity contribution < 1.29 is 0 Å². The molecule has 1 aliphatic rings. The van der Waals surface area contributed by atoms with Crippen molar-refractivity contribution in [2.24, 2.45) is 0 Å². The number of piperidine rings is 1. The molecule has 1 atom stereocenters. The van der Waals surface area contributed by atoms with E-state index < -0.39 is 0 Å². The van der Waals surface area contributed by atoms with Crippen LogP contribution in [0.3, 0.4) is 0 Å². The molecular formula is C13H21BrN2S. The summed E-state index contributed by atoms with van der Waals surface area (Å²) in [6.07, 6.45) is 4.07. The summed E-state index contributed by atoms with van der Waals surface area (Å²) in [5, 5.41) is 5.79. The third-order valence-electron chi connectivity index (χ3n) is 3.40. The van der Waals surface area contributed by atoms with Gasteiger partial charge in [0.1, 0.15) is 0 Å². The Morgan fingerprint density at radius 2 is 2.41 bits per heavy atom. The maximum absolute atomic E-state index is 3.63. The Kier molecular flexibility index (Phi) is 5.48. The van der Waals surface area contributed by atoms with Gasteiger partial charge in [-0.2, -0.15) is 0 Å². The van der Waals surface area contributed by atoms with E-state index >= 15 is 0 Å².